The molecular formula is C14H22N4. The van der Waals surface area contributed by atoms with E-state index in [0.29, 0.717) is 17.8 Å². The third-order valence-corrected chi connectivity index (χ3v) is 4.36. The van der Waals surface area contributed by atoms with Gasteiger partial charge in [0.05, 0.1) is 0 Å². The van der Waals surface area contributed by atoms with Crippen LogP contribution in [-0.4, -0.2) is 16.0 Å². The maximum atomic E-state index is 5.99. The summed E-state index contributed by atoms with van der Waals surface area (Å²) >= 11 is 0. The zero-order chi connectivity index (χ0) is 12.7. The van der Waals surface area contributed by atoms with Crippen LogP contribution in [0.4, 0.5) is 11.6 Å². The summed E-state index contributed by atoms with van der Waals surface area (Å²) in [4.78, 5) is 9.08. The van der Waals surface area contributed by atoms with Gasteiger partial charge in [0.2, 0.25) is 0 Å². The fourth-order valence-corrected chi connectivity index (χ4v) is 2.49. The average molecular weight is 246 g/mol. The summed E-state index contributed by atoms with van der Waals surface area (Å²) in [6.45, 7) is 4.25. The summed E-state index contributed by atoms with van der Waals surface area (Å²) in [7, 11) is 0. The van der Waals surface area contributed by atoms with Crippen LogP contribution in [0.15, 0.2) is 0 Å². The van der Waals surface area contributed by atoms with Gasteiger partial charge in [-0.1, -0.05) is 6.42 Å². The Balaban J connectivity index is 1.80. The van der Waals surface area contributed by atoms with E-state index in [0.717, 1.165) is 23.1 Å². The Morgan fingerprint density at radius 3 is 2.50 bits per heavy atom. The molecule has 0 radical (unpaired) electrons. The normalized spacial score (nSPS) is 21.4. The SMILES string of the molecule is Cc1c(N)nc(C2CC2)nc1NC(C)C1CCC1. The summed E-state index contributed by atoms with van der Waals surface area (Å²) in [5, 5.41) is 3.54. The molecule has 0 amide bonds. The van der Waals surface area contributed by atoms with Gasteiger partial charge >= 0.3 is 0 Å². The van der Waals surface area contributed by atoms with Crippen molar-refractivity contribution in [3.05, 3.63) is 11.4 Å². The van der Waals surface area contributed by atoms with Gasteiger partial charge in [0, 0.05) is 17.5 Å². The lowest BCUT2D eigenvalue weighted by atomic mass is 9.80. The zero-order valence-corrected chi connectivity index (χ0v) is 11.2. The first-order valence-corrected chi connectivity index (χ1v) is 7.05. The van der Waals surface area contributed by atoms with E-state index in [-0.39, 0.29) is 0 Å². The number of aromatic nitrogens is 2. The van der Waals surface area contributed by atoms with Gasteiger partial charge in [0.25, 0.3) is 0 Å². The number of nitrogens with one attached hydrogen (secondary N) is 1. The molecule has 98 valence electrons. The van der Waals surface area contributed by atoms with Crippen LogP contribution in [0.2, 0.25) is 0 Å². The lowest BCUT2D eigenvalue weighted by Crippen LogP contribution is -2.31. The van der Waals surface area contributed by atoms with E-state index < -0.39 is 0 Å². The molecule has 0 aliphatic heterocycles. The molecule has 2 saturated carbocycles. The maximum Gasteiger partial charge on any atom is 0.136 e. The smallest absolute Gasteiger partial charge is 0.136 e. The second-order valence-corrected chi connectivity index (χ2v) is 5.84. The number of hydrogen-bond acceptors (Lipinski definition) is 4. The lowest BCUT2D eigenvalue weighted by Gasteiger charge is -2.32. The number of hydrogen-bond donors (Lipinski definition) is 2. The molecule has 1 atom stereocenters. The van der Waals surface area contributed by atoms with Crippen LogP contribution >= 0.6 is 0 Å². The molecule has 1 unspecified atom stereocenters. The van der Waals surface area contributed by atoms with Gasteiger partial charge < -0.3 is 11.1 Å². The van der Waals surface area contributed by atoms with Gasteiger partial charge in [0.1, 0.15) is 17.5 Å². The van der Waals surface area contributed by atoms with E-state index in [9.17, 15) is 0 Å². The van der Waals surface area contributed by atoms with E-state index in [1.165, 1.54) is 32.1 Å². The van der Waals surface area contributed by atoms with Gasteiger partial charge in [0.15, 0.2) is 0 Å². The third kappa shape index (κ3) is 2.16. The summed E-state index contributed by atoms with van der Waals surface area (Å²) in [5.74, 6) is 3.86. The van der Waals surface area contributed by atoms with E-state index in [1.807, 2.05) is 6.92 Å². The van der Waals surface area contributed by atoms with E-state index in [1.54, 1.807) is 0 Å². The first-order chi connectivity index (χ1) is 8.65. The van der Waals surface area contributed by atoms with Crippen molar-refractivity contribution in [3.8, 4) is 0 Å². The number of nitrogens with zero attached hydrogens (tertiary/aromatic N) is 2. The van der Waals surface area contributed by atoms with Crippen LogP contribution in [0, 0.1) is 12.8 Å². The molecule has 0 spiro atoms. The Morgan fingerprint density at radius 2 is 1.94 bits per heavy atom. The Bertz CT molecular complexity index is 449. The van der Waals surface area contributed by atoms with Gasteiger partial charge in [-0.15, -0.1) is 0 Å². The highest BCUT2D eigenvalue weighted by molar-refractivity contribution is 5.55. The van der Waals surface area contributed by atoms with Crippen molar-refractivity contribution in [1.29, 1.82) is 0 Å². The second kappa shape index (κ2) is 4.41. The molecule has 1 heterocycles. The molecular weight excluding hydrogens is 224 g/mol. The molecule has 0 aromatic carbocycles. The standard InChI is InChI=1S/C14H22N4/c1-8-12(15)17-14(11-6-7-11)18-13(8)16-9(2)10-4-3-5-10/h9-11H,3-7H2,1-2H3,(H3,15,16,17,18). The van der Waals surface area contributed by atoms with Crippen molar-refractivity contribution >= 4 is 11.6 Å². The van der Waals surface area contributed by atoms with Crippen molar-refractivity contribution < 1.29 is 0 Å². The number of anilines is 2. The summed E-state index contributed by atoms with van der Waals surface area (Å²) in [6, 6.07) is 0.485. The highest BCUT2D eigenvalue weighted by Gasteiger charge is 2.29. The number of nitrogens with two attached hydrogens (primary N) is 1. The Kier molecular flexibility index (Phi) is 2.88. The predicted molar refractivity (Wildman–Crippen MR) is 73.6 cm³/mol. The number of rotatable bonds is 4. The fourth-order valence-electron chi connectivity index (χ4n) is 2.49. The molecule has 0 bridgehead atoms. The monoisotopic (exact) mass is 246 g/mol. The van der Waals surface area contributed by atoms with E-state index in [4.69, 9.17) is 5.73 Å². The summed E-state index contributed by atoms with van der Waals surface area (Å²) < 4.78 is 0. The average Bonchev–Trinajstić information content (AvgIpc) is 3.05. The maximum absolute atomic E-state index is 5.99. The summed E-state index contributed by atoms with van der Waals surface area (Å²) in [6.07, 6.45) is 6.46. The first kappa shape index (κ1) is 11.8. The molecule has 4 heteroatoms. The minimum absolute atomic E-state index is 0.485. The molecule has 4 nitrogen and oxygen atoms in total. The zero-order valence-electron chi connectivity index (χ0n) is 11.2. The molecule has 1 aromatic heterocycles. The first-order valence-electron chi connectivity index (χ1n) is 7.05. The van der Waals surface area contributed by atoms with Gasteiger partial charge in [-0.25, -0.2) is 9.97 Å². The second-order valence-electron chi connectivity index (χ2n) is 5.84. The van der Waals surface area contributed by atoms with Crippen molar-refractivity contribution in [2.45, 2.75) is 57.9 Å². The van der Waals surface area contributed by atoms with Crippen molar-refractivity contribution in [1.82, 2.24) is 9.97 Å². The topological polar surface area (TPSA) is 63.8 Å². The lowest BCUT2D eigenvalue weighted by molar-refractivity contribution is 0.285. The quantitative estimate of drug-likeness (QED) is 0.857. The van der Waals surface area contributed by atoms with E-state index in [2.05, 4.69) is 22.2 Å². The van der Waals surface area contributed by atoms with Crippen LogP contribution in [0.3, 0.4) is 0 Å². The Labute approximate surface area is 108 Å². The largest absolute Gasteiger partial charge is 0.383 e. The van der Waals surface area contributed by atoms with Gasteiger partial charge in [-0.3, -0.25) is 0 Å². The molecule has 3 N–H and O–H groups in total. The Morgan fingerprint density at radius 1 is 1.22 bits per heavy atom. The predicted octanol–water partition coefficient (Wildman–Crippen LogP) is 2.85. The van der Waals surface area contributed by atoms with Crippen LogP contribution in [0.1, 0.15) is 56.3 Å². The van der Waals surface area contributed by atoms with Crippen molar-refractivity contribution in [2.75, 3.05) is 11.1 Å². The molecule has 1 aromatic rings. The van der Waals surface area contributed by atoms with Crippen molar-refractivity contribution in [3.63, 3.8) is 0 Å². The van der Waals surface area contributed by atoms with Gasteiger partial charge in [-0.05, 0) is 45.4 Å². The Hall–Kier alpha value is -1.32. The highest BCUT2D eigenvalue weighted by Crippen LogP contribution is 2.39. The molecule has 2 aliphatic rings. The van der Waals surface area contributed by atoms with Crippen LogP contribution in [0.5, 0.6) is 0 Å². The highest BCUT2D eigenvalue weighted by atomic mass is 15.1. The minimum atomic E-state index is 0.485. The molecule has 0 saturated heterocycles. The fraction of sp³-hybridized carbons (Fsp3) is 0.714. The molecule has 2 fully saturated rings. The third-order valence-electron chi connectivity index (χ3n) is 4.36. The minimum Gasteiger partial charge on any atom is -0.383 e. The van der Waals surface area contributed by atoms with Crippen LogP contribution in [-0.2, 0) is 0 Å². The van der Waals surface area contributed by atoms with Crippen LogP contribution in [0.25, 0.3) is 0 Å². The van der Waals surface area contributed by atoms with Gasteiger partial charge in [-0.2, -0.15) is 0 Å². The molecule has 3 rings (SSSR count). The molecule has 2 aliphatic carbocycles. The number of nitrogen functional groups attached to an aromatic ring is 1. The van der Waals surface area contributed by atoms with Crippen molar-refractivity contribution in [2.24, 2.45) is 5.92 Å². The van der Waals surface area contributed by atoms with E-state index >= 15 is 0 Å². The summed E-state index contributed by atoms with van der Waals surface area (Å²) in [5.41, 5.74) is 6.99. The molecule has 18 heavy (non-hydrogen) atoms. The van der Waals surface area contributed by atoms with Crippen LogP contribution < -0.4 is 11.1 Å².